The van der Waals surface area contributed by atoms with Crippen LogP contribution in [-0.4, -0.2) is 51.5 Å². The Morgan fingerprint density at radius 1 is 1.16 bits per heavy atom. The fourth-order valence-corrected chi connectivity index (χ4v) is 3.99. The van der Waals surface area contributed by atoms with Crippen LogP contribution in [0, 0.1) is 33.6 Å². The van der Waals surface area contributed by atoms with Gasteiger partial charge in [-0.05, 0) is 57.4 Å². The zero-order valence-corrected chi connectivity index (χ0v) is 18.5. The predicted molar refractivity (Wildman–Crippen MR) is 117 cm³/mol. The summed E-state index contributed by atoms with van der Waals surface area (Å²) in [5.74, 6) is 1.54. The van der Waals surface area contributed by atoms with Crippen LogP contribution >= 0.6 is 0 Å². The van der Waals surface area contributed by atoms with Crippen molar-refractivity contribution in [1.82, 2.24) is 25.3 Å². The van der Waals surface area contributed by atoms with E-state index in [-0.39, 0.29) is 17.7 Å². The van der Waals surface area contributed by atoms with E-state index in [4.69, 9.17) is 4.52 Å². The molecule has 31 heavy (non-hydrogen) atoms. The molecule has 0 bridgehead atoms. The molecule has 0 spiro atoms. The van der Waals surface area contributed by atoms with Crippen molar-refractivity contribution in [1.29, 1.82) is 0 Å². The number of amides is 2. The highest BCUT2D eigenvalue weighted by Crippen LogP contribution is 2.20. The standard InChI is InChI=1S/C23H29N5O3/c1-13-9-19-20(10-14(13)2)26-21(25-19)5-6-22(29)28-11-17(12-28)23(30)24-8-7-18-15(3)27-31-16(18)4/h9-10,17H,5-8,11-12H2,1-4H3,(H,24,30)(H,25,26). The van der Waals surface area contributed by atoms with E-state index in [9.17, 15) is 9.59 Å². The maximum atomic E-state index is 12.5. The number of fused-ring (bicyclic) bond motifs is 1. The quantitative estimate of drug-likeness (QED) is 0.608. The van der Waals surface area contributed by atoms with E-state index in [1.54, 1.807) is 4.90 Å². The van der Waals surface area contributed by atoms with E-state index in [0.29, 0.717) is 38.9 Å². The minimum Gasteiger partial charge on any atom is -0.361 e. The van der Waals surface area contributed by atoms with Crippen LogP contribution in [0.4, 0.5) is 0 Å². The Kier molecular flexibility index (Phi) is 5.80. The predicted octanol–water partition coefficient (Wildman–Crippen LogP) is 2.53. The second-order valence-corrected chi connectivity index (χ2v) is 8.48. The van der Waals surface area contributed by atoms with E-state index in [1.165, 1.54) is 11.1 Å². The van der Waals surface area contributed by atoms with E-state index in [1.807, 2.05) is 13.8 Å². The van der Waals surface area contributed by atoms with Gasteiger partial charge in [-0.1, -0.05) is 5.16 Å². The number of imidazole rings is 1. The average molecular weight is 424 g/mol. The van der Waals surface area contributed by atoms with Crippen molar-refractivity contribution in [3.63, 3.8) is 0 Å². The highest BCUT2D eigenvalue weighted by Gasteiger charge is 2.35. The van der Waals surface area contributed by atoms with Crippen molar-refractivity contribution >= 4 is 22.8 Å². The first-order chi connectivity index (χ1) is 14.8. The second-order valence-electron chi connectivity index (χ2n) is 8.48. The van der Waals surface area contributed by atoms with Gasteiger partial charge in [0.05, 0.1) is 22.6 Å². The number of carbonyl (C=O) groups excluding carboxylic acids is 2. The van der Waals surface area contributed by atoms with Gasteiger partial charge in [0.2, 0.25) is 11.8 Å². The smallest absolute Gasteiger partial charge is 0.226 e. The van der Waals surface area contributed by atoms with Gasteiger partial charge in [0.15, 0.2) is 0 Å². The molecule has 0 unspecified atom stereocenters. The van der Waals surface area contributed by atoms with E-state index in [0.717, 1.165) is 33.9 Å². The number of nitrogens with one attached hydrogen (secondary N) is 2. The number of hydrogen-bond donors (Lipinski definition) is 2. The van der Waals surface area contributed by atoms with Gasteiger partial charge in [0.1, 0.15) is 11.6 Å². The van der Waals surface area contributed by atoms with Gasteiger partial charge in [-0.2, -0.15) is 0 Å². The van der Waals surface area contributed by atoms with E-state index < -0.39 is 0 Å². The Labute approximate surface area is 181 Å². The lowest BCUT2D eigenvalue weighted by Crippen LogP contribution is -2.55. The molecular weight excluding hydrogens is 394 g/mol. The molecular formula is C23H29N5O3. The monoisotopic (exact) mass is 423 g/mol. The minimum absolute atomic E-state index is 0.00108. The summed E-state index contributed by atoms with van der Waals surface area (Å²) in [7, 11) is 0. The molecule has 3 aromatic rings. The first-order valence-electron chi connectivity index (χ1n) is 10.7. The zero-order valence-electron chi connectivity index (χ0n) is 18.5. The number of aromatic nitrogens is 3. The van der Waals surface area contributed by atoms with Crippen LogP contribution in [0.5, 0.6) is 0 Å². The fraction of sp³-hybridized carbons (Fsp3) is 0.478. The number of rotatable bonds is 7. The second kappa shape index (κ2) is 8.53. The Morgan fingerprint density at radius 3 is 2.61 bits per heavy atom. The number of likely N-dealkylation sites (tertiary alicyclic amines) is 1. The largest absolute Gasteiger partial charge is 0.361 e. The Morgan fingerprint density at radius 2 is 1.90 bits per heavy atom. The molecule has 2 aromatic heterocycles. The van der Waals surface area contributed by atoms with Crippen LogP contribution in [0.15, 0.2) is 16.7 Å². The van der Waals surface area contributed by atoms with Gasteiger partial charge < -0.3 is 19.7 Å². The molecule has 164 valence electrons. The maximum absolute atomic E-state index is 12.5. The summed E-state index contributed by atoms with van der Waals surface area (Å²) < 4.78 is 5.14. The SMILES string of the molecule is Cc1cc2nc(CCC(=O)N3CC(C(=O)NCCc4c(C)noc4C)C3)[nH]c2cc1C. The van der Waals surface area contributed by atoms with Crippen LogP contribution in [0.2, 0.25) is 0 Å². The van der Waals surface area contributed by atoms with Crippen LogP contribution in [0.3, 0.4) is 0 Å². The van der Waals surface area contributed by atoms with Gasteiger partial charge in [0, 0.05) is 38.0 Å². The average Bonchev–Trinajstić information content (AvgIpc) is 3.22. The summed E-state index contributed by atoms with van der Waals surface area (Å²) in [5, 5.41) is 6.88. The lowest BCUT2D eigenvalue weighted by molar-refractivity contribution is -0.142. The normalized spacial score (nSPS) is 14.1. The number of H-pyrrole nitrogens is 1. The van der Waals surface area contributed by atoms with Crippen LogP contribution < -0.4 is 5.32 Å². The fourth-order valence-electron chi connectivity index (χ4n) is 3.99. The third-order valence-corrected chi connectivity index (χ3v) is 6.18. The highest BCUT2D eigenvalue weighted by atomic mass is 16.5. The third-order valence-electron chi connectivity index (χ3n) is 6.18. The molecule has 4 rings (SSSR count). The molecule has 1 aliphatic rings. The van der Waals surface area contributed by atoms with Gasteiger partial charge in [-0.15, -0.1) is 0 Å². The number of carbonyl (C=O) groups is 2. The van der Waals surface area contributed by atoms with Crippen molar-refractivity contribution in [2.24, 2.45) is 5.92 Å². The summed E-state index contributed by atoms with van der Waals surface area (Å²) in [5.41, 5.74) is 6.27. The Balaban J connectivity index is 1.20. The van der Waals surface area contributed by atoms with E-state index in [2.05, 4.69) is 46.4 Å². The number of aromatic amines is 1. The molecule has 0 saturated carbocycles. The first kappa shape index (κ1) is 21.1. The molecule has 0 atom stereocenters. The molecule has 1 aliphatic heterocycles. The first-order valence-corrected chi connectivity index (χ1v) is 10.7. The number of hydrogen-bond acceptors (Lipinski definition) is 5. The molecule has 3 heterocycles. The number of benzene rings is 1. The molecule has 2 N–H and O–H groups in total. The number of aryl methyl sites for hydroxylation is 5. The highest BCUT2D eigenvalue weighted by molar-refractivity contribution is 5.84. The van der Waals surface area contributed by atoms with Crippen molar-refractivity contribution in [3.8, 4) is 0 Å². The van der Waals surface area contributed by atoms with E-state index >= 15 is 0 Å². The topological polar surface area (TPSA) is 104 Å². The van der Waals surface area contributed by atoms with Crippen LogP contribution in [0.25, 0.3) is 11.0 Å². The summed E-state index contributed by atoms with van der Waals surface area (Å²) in [6.07, 6.45) is 1.65. The molecule has 1 fully saturated rings. The molecule has 8 nitrogen and oxygen atoms in total. The molecule has 1 saturated heterocycles. The van der Waals surface area contributed by atoms with Gasteiger partial charge in [-0.25, -0.2) is 4.98 Å². The van der Waals surface area contributed by atoms with Crippen molar-refractivity contribution in [3.05, 3.63) is 46.1 Å². The lowest BCUT2D eigenvalue weighted by atomic mass is 9.98. The Hall–Kier alpha value is -3.16. The lowest BCUT2D eigenvalue weighted by Gasteiger charge is -2.38. The zero-order chi connectivity index (χ0) is 22.1. The number of nitrogens with zero attached hydrogens (tertiary/aromatic N) is 3. The van der Waals surface area contributed by atoms with Crippen molar-refractivity contribution in [2.75, 3.05) is 19.6 Å². The minimum atomic E-state index is -0.134. The summed E-state index contributed by atoms with van der Waals surface area (Å²) in [6, 6.07) is 4.16. The molecule has 8 heteroatoms. The van der Waals surface area contributed by atoms with Crippen LogP contribution in [-0.2, 0) is 22.4 Å². The van der Waals surface area contributed by atoms with Gasteiger partial charge in [0.25, 0.3) is 0 Å². The van der Waals surface area contributed by atoms with Gasteiger partial charge in [-0.3, -0.25) is 9.59 Å². The maximum Gasteiger partial charge on any atom is 0.226 e. The molecule has 0 aliphatic carbocycles. The Bertz CT molecular complexity index is 1070. The van der Waals surface area contributed by atoms with Crippen LogP contribution in [0.1, 0.15) is 40.4 Å². The van der Waals surface area contributed by atoms with Gasteiger partial charge >= 0.3 is 0 Å². The molecule has 1 aromatic carbocycles. The summed E-state index contributed by atoms with van der Waals surface area (Å²) in [4.78, 5) is 34.4. The third kappa shape index (κ3) is 4.47. The summed E-state index contributed by atoms with van der Waals surface area (Å²) in [6.45, 7) is 9.42. The molecule has 0 radical (unpaired) electrons. The van der Waals surface area contributed by atoms with Crippen molar-refractivity contribution < 1.29 is 14.1 Å². The van der Waals surface area contributed by atoms with Crippen molar-refractivity contribution in [2.45, 2.75) is 47.0 Å². The summed E-state index contributed by atoms with van der Waals surface area (Å²) >= 11 is 0. The molecule has 2 amide bonds.